The number of halogens is 1. The van der Waals surface area contributed by atoms with Gasteiger partial charge in [-0.15, -0.1) is 24.0 Å². The normalized spacial score (nSPS) is 10.9. The zero-order chi connectivity index (χ0) is 14.1. The first-order chi connectivity index (χ1) is 9.13. The summed E-state index contributed by atoms with van der Waals surface area (Å²) in [7, 11) is 0. The zero-order valence-electron chi connectivity index (χ0n) is 11.7. The first kappa shape index (κ1) is 18.8. The molecule has 114 valence electrons. The number of guanidine groups is 1. The maximum absolute atomic E-state index is 10.8. The van der Waals surface area contributed by atoms with Gasteiger partial charge in [-0.2, -0.15) is 0 Å². The fourth-order valence-electron chi connectivity index (χ4n) is 1.58. The van der Waals surface area contributed by atoms with Crippen LogP contribution in [0.25, 0.3) is 0 Å². The summed E-state index contributed by atoms with van der Waals surface area (Å²) in [6.07, 6.45) is 4.72. The summed E-state index contributed by atoms with van der Waals surface area (Å²) in [5.74, 6) is 0.492. The summed E-state index contributed by atoms with van der Waals surface area (Å²) in [6.45, 7) is 3.29. The molecule has 0 aliphatic carbocycles. The molecule has 1 rings (SSSR count). The van der Waals surface area contributed by atoms with Crippen LogP contribution in [-0.2, 0) is 6.54 Å². The average molecular weight is 394 g/mol. The van der Waals surface area contributed by atoms with Crippen molar-refractivity contribution in [2.75, 3.05) is 6.54 Å². The van der Waals surface area contributed by atoms with Crippen molar-refractivity contribution in [3.05, 3.63) is 23.7 Å². The number of aliphatic imine (C=N–C) groups is 1. The third-order valence-electron chi connectivity index (χ3n) is 2.65. The summed E-state index contributed by atoms with van der Waals surface area (Å²) in [6, 6.07) is 3.19. The third-order valence-corrected chi connectivity index (χ3v) is 2.65. The van der Waals surface area contributed by atoms with Crippen LogP contribution < -0.4 is 16.8 Å². The van der Waals surface area contributed by atoms with E-state index in [4.69, 9.17) is 15.9 Å². The van der Waals surface area contributed by atoms with Gasteiger partial charge in [0.05, 0.1) is 0 Å². The molecule has 0 aliphatic heterocycles. The molecular formula is C13H23IN4O2. The molecule has 0 bridgehead atoms. The Morgan fingerprint density at radius 3 is 2.65 bits per heavy atom. The van der Waals surface area contributed by atoms with E-state index in [0.29, 0.717) is 18.3 Å². The van der Waals surface area contributed by atoms with E-state index in [9.17, 15) is 4.79 Å². The van der Waals surface area contributed by atoms with E-state index < -0.39 is 5.91 Å². The number of nitrogens with one attached hydrogen (secondary N) is 1. The fourth-order valence-corrected chi connectivity index (χ4v) is 1.58. The Bertz CT molecular complexity index is 432. The van der Waals surface area contributed by atoms with Crippen LogP contribution in [0.4, 0.5) is 0 Å². The number of unbranched alkanes of at least 4 members (excludes halogenated alkanes) is 3. The minimum Gasteiger partial charge on any atom is -0.454 e. The van der Waals surface area contributed by atoms with E-state index in [1.807, 2.05) is 0 Å². The molecule has 7 heteroatoms. The molecule has 0 fully saturated rings. The summed E-state index contributed by atoms with van der Waals surface area (Å²) < 4.78 is 5.19. The summed E-state index contributed by atoms with van der Waals surface area (Å²) in [5.41, 5.74) is 10.8. The highest BCUT2D eigenvalue weighted by molar-refractivity contribution is 14.0. The molecule has 20 heavy (non-hydrogen) atoms. The van der Waals surface area contributed by atoms with E-state index in [1.165, 1.54) is 25.3 Å². The SMILES string of the molecule is CCCCCCNC(N)=NCc1ccc(C(N)=O)o1.I. The lowest BCUT2D eigenvalue weighted by Crippen LogP contribution is -2.32. The van der Waals surface area contributed by atoms with Gasteiger partial charge in [-0.05, 0) is 18.6 Å². The van der Waals surface area contributed by atoms with Crippen LogP contribution in [0.3, 0.4) is 0 Å². The third kappa shape index (κ3) is 7.37. The number of carbonyl (C=O) groups excluding carboxylic acids is 1. The van der Waals surface area contributed by atoms with Crippen molar-refractivity contribution < 1.29 is 9.21 Å². The van der Waals surface area contributed by atoms with Gasteiger partial charge >= 0.3 is 0 Å². The smallest absolute Gasteiger partial charge is 0.284 e. The second kappa shape index (κ2) is 10.5. The molecule has 0 radical (unpaired) electrons. The van der Waals surface area contributed by atoms with Gasteiger partial charge in [0.2, 0.25) is 0 Å². The van der Waals surface area contributed by atoms with Gasteiger partial charge < -0.3 is 21.2 Å². The highest BCUT2D eigenvalue weighted by atomic mass is 127. The molecule has 1 amide bonds. The molecule has 6 nitrogen and oxygen atoms in total. The monoisotopic (exact) mass is 394 g/mol. The van der Waals surface area contributed by atoms with Crippen molar-refractivity contribution in [1.29, 1.82) is 0 Å². The molecule has 5 N–H and O–H groups in total. The van der Waals surface area contributed by atoms with Gasteiger partial charge in [-0.25, -0.2) is 4.99 Å². The largest absolute Gasteiger partial charge is 0.454 e. The Kier molecular flexibility index (Phi) is 9.87. The molecule has 0 saturated carbocycles. The number of rotatable bonds is 8. The van der Waals surface area contributed by atoms with Gasteiger partial charge in [0, 0.05) is 6.54 Å². The van der Waals surface area contributed by atoms with Gasteiger partial charge in [0.25, 0.3) is 5.91 Å². The van der Waals surface area contributed by atoms with Crippen molar-refractivity contribution in [3.63, 3.8) is 0 Å². The fraction of sp³-hybridized carbons (Fsp3) is 0.538. The van der Waals surface area contributed by atoms with Gasteiger partial charge in [0.15, 0.2) is 11.7 Å². The zero-order valence-corrected chi connectivity index (χ0v) is 14.1. The molecule has 0 atom stereocenters. The van der Waals surface area contributed by atoms with Gasteiger partial charge in [-0.1, -0.05) is 26.2 Å². The van der Waals surface area contributed by atoms with Crippen LogP contribution in [0.5, 0.6) is 0 Å². The van der Waals surface area contributed by atoms with E-state index >= 15 is 0 Å². The Morgan fingerprint density at radius 1 is 1.30 bits per heavy atom. The molecule has 0 spiro atoms. The van der Waals surface area contributed by atoms with Crippen LogP contribution in [-0.4, -0.2) is 18.4 Å². The molecule has 0 aromatic carbocycles. The number of furan rings is 1. The van der Waals surface area contributed by atoms with Crippen molar-refractivity contribution in [1.82, 2.24) is 5.32 Å². The average Bonchev–Trinajstić information content (AvgIpc) is 2.85. The van der Waals surface area contributed by atoms with Crippen LogP contribution in [0.2, 0.25) is 0 Å². The van der Waals surface area contributed by atoms with Crippen LogP contribution in [0.15, 0.2) is 21.5 Å². The number of primary amides is 1. The number of hydrogen-bond acceptors (Lipinski definition) is 3. The summed E-state index contributed by atoms with van der Waals surface area (Å²) in [5, 5.41) is 3.04. The Morgan fingerprint density at radius 2 is 2.05 bits per heavy atom. The molecule has 1 aromatic rings. The van der Waals surface area contributed by atoms with E-state index in [2.05, 4.69) is 17.2 Å². The maximum Gasteiger partial charge on any atom is 0.284 e. The second-order valence-corrected chi connectivity index (χ2v) is 4.32. The molecule has 0 unspecified atom stereocenters. The van der Waals surface area contributed by atoms with Crippen LogP contribution in [0, 0.1) is 0 Å². The lowest BCUT2D eigenvalue weighted by atomic mass is 10.2. The number of carbonyl (C=O) groups is 1. The minimum absolute atomic E-state index is 0. The highest BCUT2D eigenvalue weighted by Gasteiger charge is 2.06. The molecule has 1 heterocycles. The minimum atomic E-state index is -0.586. The van der Waals surface area contributed by atoms with Crippen molar-refractivity contribution >= 4 is 35.8 Å². The molecular weight excluding hydrogens is 371 g/mol. The van der Waals surface area contributed by atoms with Crippen molar-refractivity contribution in [2.24, 2.45) is 16.5 Å². The quantitative estimate of drug-likeness (QED) is 0.271. The number of nitrogens with zero attached hydrogens (tertiary/aromatic N) is 1. The number of nitrogens with two attached hydrogens (primary N) is 2. The van der Waals surface area contributed by atoms with E-state index in [1.54, 1.807) is 6.07 Å². The van der Waals surface area contributed by atoms with Crippen molar-refractivity contribution in [2.45, 2.75) is 39.2 Å². The van der Waals surface area contributed by atoms with E-state index in [-0.39, 0.29) is 29.7 Å². The molecule has 0 saturated heterocycles. The molecule has 0 aliphatic rings. The lowest BCUT2D eigenvalue weighted by molar-refractivity contribution is 0.0972. The number of amides is 1. The molecule has 1 aromatic heterocycles. The maximum atomic E-state index is 10.8. The van der Waals surface area contributed by atoms with E-state index in [0.717, 1.165) is 13.0 Å². The highest BCUT2D eigenvalue weighted by Crippen LogP contribution is 2.08. The Labute approximate surface area is 136 Å². The first-order valence-electron chi connectivity index (χ1n) is 6.55. The topological polar surface area (TPSA) is 107 Å². The van der Waals surface area contributed by atoms with Crippen LogP contribution >= 0.6 is 24.0 Å². The van der Waals surface area contributed by atoms with Gasteiger partial charge in [0.1, 0.15) is 12.3 Å². The Balaban J connectivity index is 0.00000361. The predicted molar refractivity (Wildman–Crippen MR) is 90.1 cm³/mol. The summed E-state index contributed by atoms with van der Waals surface area (Å²) in [4.78, 5) is 15.0. The standard InChI is InChI=1S/C13H22N4O2.HI/c1-2-3-4-5-8-16-13(15)17-9-10-6-7-11(19-10)12(14)18;/h6-7H,2-5,8-9H2,1H3,(H2,14,18)(H3,15,16,17);1H. The Hall–Kier alpha value is -1.25. The summed E-state index contributed by atoms with van der Waals surface area (Å²) >= 11 is 0. The predicted octanol–water partition coefficient (Wildman–Crippen LogP) is 1.98. The van der Waals surface area contributed by atoms with Crippen LogP contribution in [0.1, 0.15) is 48.9 Å². The van der Waals surface area contributed by atoms with Gasteiger partial charge in [-0.3, -0.25) is 4.79 Å². The number of hydrogen-bond donors (Lipinski definition) is 3. The first-order valence-corrected chi connectivity index (χ1v) is 6.55. The van der Waals surface area contributed by atoms with Crippen molar-refractivity contribution in [3.8, 4) is 0 Å². The lowest BCUT2D eigenvalue weighted by Gasteiger charge is -2.04. The second-order valence-electron chi connectivity index (χ2n) is 4.32.